The van der Waals surface area contributed by atoms with E-state index in [0.717, 1.165) is 30.0 Å². The minimum atomic E-state index is 0.135. The van der Waals surface area contributed by atoms with Gasteiger partial charge in [-0.3, -0.25) is 4.79 Å². The zero-order chi connectivity index (χ0) is 15.3. The summed E-state index contributed by atoms with van der Waals surface area (Å²) in [5.41, 5.74) is 3.11. The van der Waals surface area contributed by atoms with Crippen LogP contribution in [0, 0.1) is 13.8 Å². The Labute approximate surface area is 133 Å². The van der Waals surface area contributed by atoms with Crippen LogP contribution in [0.2, 0.25) is 0 Å². The third-order valence-electron chi connectivity index (χ3n) is 4.37. The van der Waals surface area contributed by atoms with Gasteiger partial charge in [0, 0.05) is 28.9 Å². The van der Waals surface area contributed by atoms with Crippen molar-refractivity contribution in [2.45, 2.75) is 56.7 Å². The predicted molar refractivity (Wildman–Crippen MR) is 83.5 cm³/mol. The van der Waals surface area contributed by atoms with Gasteiger partial charge < -0.3 is 8.98 Å². The van der Waals surface area contributed by atoms with Crippen LogP contribution in [0.4, 0.5) is 0 Å². The number of rotatable bonds is 6. The number of nitrogens with zero attached hydrogens (tertiary/aromatic N) is 3. The topological polar surface area (TPSA) is 60.9 Å². The lowest BCUT2D eigenvalue weighted by molar-refractivity contribution is 0.102. The van der Waals surface area contributed by atoms with Crippen molar-refractivity contribution >= 4 is 17.5 Å². The molecule has 0 aromatic carbocycles. The fourth-order valence-electron chi connectivity index (χ4n) is 2.93. The Bertz CT molecular complexity index is 726. The maximum Gasteiger partial charge on any atom is 0.277 e. The summed E-state index contributed by atoms with van der Waals surface area (Å²) in [6.45, 7) is 4.12. The number of thioether (sulfide) groups is 1. The van der Waals surface area contributed by atoms with Gasteiger partial charge in [-0.15, -0.1) is 10.2 Å². The average Bonchev–Trinajstić information content (AvgIpc) is 3.42. The third kappa shape index (κ3) is 2.60. The molecule has 0 radical (unpaired) electrons. The smallest absolute Gasteiger partial charge is 0.277 e. The number of ketones is 1. The first-order valence-electron chi connectivity index (χ1n) is 7.81. The maximum absolute atomic E-state index is 12.5. The van der Waals surface area contributed by atoms with E-state index in [-0.39, 0.29) is 5.78 Å². The maximum atomic E-state index is 12.5. The van der Waals surface area contributed by atoms with E-state index in [4.69, 9.17) is 4.42 Å². The number of hydrogen-bond acceptors (Lipinski definition) is 5. The molecule has 0 unspecified atom stereocenters. The van der Waals surface area contributed by atoms with Crippen LogP contribution < -0.4 is 0 Å². The molecule has 0 bridgehead atoms. The minimum absolute atomic E-state index is 0.135. The Morgan fingerprint density at radius 2 is 2.09 bits per heavy atom. The fraction of sp³-hybridized carbons (Fsp3) is 0.562. The molecule has 0 atom stereocenters. The highest BCUT2D eigenvalue weighted by Gasteiger charge is 2.30. The fourth-order valence-corrected chi connectivity index (χ4v) is 3.59. The highest BCUT2D eigenvalue weighted by atomic mass is 32.2. The Hall–Kier alpha value is -1.56. The number of carbonyl (C=O) groups excluding carboxylic acids is 1. The molecule has 0 aliphatic heterocycles. The third-order valence-corrected chi connectivity index (χ3v) is 5.19. The minimum Gasteiger partial charge on any atom is -0.416 e. The molecular formula is C16H19N3O2S. The molecule has 2 fully saturated rings. The molecule has 2 aromatic heterocycles. The Morgan fingerprint density at radius 3 is 2.77 bits per heavy atom. The molecule has 0 N–H and O–H groups in total. The average molecular weight is 317 g/mol. The monoisotopic (exact) mass is 317 g/mol. The van der Waals surface area contributed by atoms with Gasteiger partial charge in [0.2, 0.25) is 5.89 Å². The Kier molecular flexibility index (Phi) is 3.36. The van der Waals surface area contributed by atoms with E-state index in [1.165, 1.54) is 30.3 Å². The molecule has 116 valence electrons. The van der Waals surface area contributed by atoms with Crippen molar-refractivity contribution < 1.29 is 9.21 Å². The zero-order valence-corrected chi connectivity index (χ0v) is 13.7. The molecule has 4 rings (SSSR count). The summed E-state index contributed by atoms with van der Waals surface area (Å²) in [5.74, 6) is 1.66. The van der Waals surface area contributed by atoms with Crippen molar-refractivity contribution in [2.75, 3.05) is 5.75 Å². The Morgan fingerprint density at radius 1 is 1.32 bits per heavy atom. The number of carbonyl (C=O) groups is 1. The van der Waals surface area contributed by atoms with E-state index in [2.05, 4.69) is 21.7 Å². The van der Waals surface area contributed by atoms with Crippen molar-refractivity contribution in [3.63, 3.8) is 0 Å². The molecule has 5 nitrogen and oxygen atoms in total. The first kappa shape index (κ1) is 14.1. The van der Waals surface area contributed by atoms with Crippen molar-refractivity contribution in [2.24, 2.45) is 0 Å². The van der Waals surface area contributed by atoms with Gasteiger partial charge in [-0.25, -0.2) is 0 Å². The van der Waals surface area contributed by atoms with E-state index in [1.54, 1.807) is 0 Å². The second-order valence-electron chi connectivity index (χ2n) is 6.28. The van der Waals surface area contributed by atoms with Crippen LogP contribution in [0.25, 0.3) is 0 Å². The van der Waals surface area contributed by atoms with Gasteiger partial charge in [-0.2, -0.15) is 0 Å². The first-order chi connectivity index (χ1) is 10.6. The number of aryl methyl sites for hydroxylation is 1. The lowest BCUT2D eigenvalue weighted by Crippen LogP contribution is -2.05. The highest BCUT2D eigenvalue weighted by molar-refractivity contribution is 7.99. The number of aromatic nitrogens is 3. The molecule has 2 saturated carbocycles. The van der Waals surface area contributed by atoms with Crippen LogP contribution in [0.1, 0.15) is 65.3 Å². The van der Waals surface area contributed by atoms with E-state index in [1.807, 2.05) is 13.0 Å². The molecule has 0 spiro atoms. The lowest BCUT2D eigenvalue weighted by atomic mass is 10.2. The van der Waals surface area contributed by atoms with E-state index in [0.29, 0.717) is 22.9 Å². The molecule has 6 heteroatoms. The van der Waals surface area contributed by atoms with Crippen molar-refractivity contribution in [1.82, 2.24) is 14.8 Å². The summed E-state index contributed by atoms with van der Waals surface area (Å²) in [7, 11) is 0. The van der Waals surface area contributed by atoms with E-state index < -0.39 is 0 Å². The quantitative estimate of drug-likeness (QED) is 0.601. The van der Waals surface area contributed by atoms with Gasteiger partial charge in [0.25, 0.3) is 5.22 Å². The van der Waals surface area contributed by atoms with Crippen LogP contribution in [0.15, 0.2) is 15.7 Å². The lowest BCUT2D eigenvalue weighted by Gasteiger charge is -2.07. The second kappa shape index (κ2) is 5.26. The van der Waals surface area contributed by atoms with Crippen molar-refractivity contribution in [3.8, 4) is 0 Å². The van der Waals surface area contributed by atoms with Gasteiger partial charge in [-0.1, -0.05) is 11.8 Å². The molecule has 22 heavy (non-hydrogen) atoms. The van der Waals surface area contributed by atoms with Crippen LogP contribution >= 0.6 is 11.8 Å². The standard InChI is InChI=1S/C16H19N3O2S/c1-9-7-13(10(2)19(9)12-5-6-12)14(20)8-22-16-18-17-15(21-16)11-3-4-11/h7,11-12H,3-6,8H2,1-2H3. The van der Waals surface area contributed by atoms with Crippen LogP contribution in [0.3, 0.4) is 0 Å². The van der Waals surface area contributed by atoms with Gasteiger partial charge >= 0.3 is 0 Å². The van der Waals surface area contributed by atoms with Crippen molar-refractivity contribution in [1.29, 1.82) is 0 Å². The summed E-state index contributed by atoms with van der Waals surface area (Å²) in [4.78, 5) is 12.5. The largest absolute Gasteiger partial charge is 0.416 e. The van der Waals surface area contributed by atoms with Gasteiger partial charge in [0.05, 0.1) is 5.75 Å². The van der Waals surface area contributed by atoms with Gasteiger partial charge in [0.1, 0.15) is 0 Å². The summed E-state index contributed by atoms with van der Waals surface area (Å²) in [5, 5.41) is 8.56. The summed E-state index contributed by atoms with van der Waals surface area (Å²) < 4.78 is 7.89. The predicted octanol–water partition coefficient (Wildman–Crippen LogP) is 3.68. The molecule has 0 amide bonds. The van der Waals surface area contributed by atoms with Crippen LogP contribution in [0.5, 0.6) is 0 Å². The van der Waals surface area contributed by atoms with Crippen LogP contribution in [-0.2, 0) is 0 Å². The highest BCUT2D eigenvalue weighted by Crippen LogP contribution is 2.40. The number of Topliss-reactive ketones (excluding diaryl/α,β-unsaturated/α-hetero) is 1. The van der Waals surface area contributed by atoms with Crippen LogP contribution in [-0.4, -0.2) is 26.3 Å². The normalized spacial score (nSPS) is 17.9. The second-order valence-corrected chi connectivity index (χ2v) is 7.20. The van der Waals surface area contributed by atoms with E-state index >= 15 is 0 Å². The van der Waals surface area contributed by atoms with Crippen molar-refractivity contribution in [3.05, 3.63) is 28.9 Å². The molecule has 2 aliphatic carbocycles. The first-order valence-corrected chi connectivity index (χ1v) is 8.80. The van der Waals surface area contributed by atoms with Gasteiger partial charge in [0.15, 0.2) is 5.78 Å². The van der Waals surface area contributed by atoms with E-state index in [9.17, 15) is 4.79 Å². The summed E-state index contributed by atoms with van der Waals surface area (Å²) in [6.07, 6.45) is 4.73. The number of hydrogen-bond donors (Lipinski definition) is 0. The molecular weight excluding hydrogens is 298 g/mol. The molecule has 2 heterocycles. The molecule has 0 saturated heterocycles. The summed E-state index contributed by atoms with van der Waals surface area (Å²) >= 11 is 1.34. The SMILES string of the molecule is Cc1cc(C(=O)CSc2nnc(C3CC3)o2)c(C)n1C1CC1. The van der Waals surface area contributed by atoms with Gasteiger partial charge in [-0.05, 0) is 45.6 Å². The molecule has 2 aromatic rings. The Balaban J connectivity index is 1.44. The summed E-state index contributed by atoms with van der Waals surface area (Å²) in [6, 6.07) is 2.62. The molecule has 2 aliphatic rings. The zero-order valence-electron chi connectivity index (χ0n) is 12.8.